The molecular weight excluding hydrogens is 216 g/mol. The number of hydrogen-bond acceptors (Lipinski definition) is 4. The van der Waals surface area contributed by atoms with Gasteiger partial charge in [-0.3, -0.25) is 0 Å². The van der Waals surface area contributed by atoms with Crippen LogP contribution in [0.15, 0.2) is 18.2 Å². The summed E-state index contributed by atoms with van der Waals surface area (Å²) < 4.78 is 10.7. The average molecular weight is 234 g/mol. The van der Waals surface area contributed by atoms with E-state index in [9.17, 15) is 0 Å². The van der Waals surface area contributed by atoms with Crippen molar-refractivity contribution in [3.05, 3.63) is 18.2 Å². The molecule has 0 amide bonds. The first kappa shape index (κ1) is 10.7. The molecule has 2 N–H and O–H groups in total. The van der Waals surface area contributed by atoms with Crippen LogP contribution in [0, 0.1) is 0 Å². The van der Waals surface area contributed by atoms with Crippen molar-refractivity contribution >= 4 is 5.69 Å². The summed E-state index contributed by atoms with van der Waals surface area (Å²) in [6.45, 7) is 0.325. The standard InChI is InChI=1S/C13H18N2O2/c1-15(11-4-2-3-10(11)14)9-5-6-12-13(7-9)17-8-16-12/h5-7,10-11H,2-4,8,14H2,1H3. The molecule has 0 spiro atoms. The maximum atomic E-state index is 6.13. The Kier molecular flexibility index (Phi) is 2.59. The van der Waals surface area contributed by atoms with Crippen LogP contribution < -0.4 is 20.1 Å². The van der Waals surface area contributed by atoms with E-state index >= 15 is 0 Å². The summed E-state index contributed by atoms with van der Waals surface area (Å²) in [6.07, 6.45) is 3.52. The summed E-state index contributed by atoms with van der Waals surface area (Å²) >= 11 is 0. The minimum Gasteiger partial charge on any atom is -0.454 e. The lowest BCUT2D eigenvalue weighted by atomic mass is 10.1. The first-order valence-electron chi connectivity index (χ1n) is 6.14. The third kappa shape index (κ3) is 1.82. The Morgan fingerprint density at radius 2 is 2.06 bits per heavy atom. The Bertz CT molecular complexity index is 422. The molecule has 1 saturated carbocycles. The Labute approximate surface area is 101 Å². The molecule has 1 aromatic rings. The molecule has 0 bridgehead atoms. The first-order chi connectivity index (χ1) is 8.25. The van der Waals surface area contributed by atoms with Crippen molar-refractivity contribution in [1.29, 1.82) is 0 Å². The van der Waals surface area contributed by atoms with Gasteiger partial charge in [0.05, 0.1) is 0 Å². The summed E-state index contributed by atoms with van der Waals surface area (Å²) in [5.74, 6) is 1.67. The van der Waals surface area contributed by atoms with E-state index in [0.717, 1.165) is 23.6 Å². The molecule has 1 heterocycles. The minimum atomic E-state index is 0.283. The highest BCUT2D eigenvalue weighted by atomic mass is 16.7. The Morgan fingerprint density at radius 3 is 2.82 bits per heavy atom. The minimum absolute atomic E-state index is 0.283. The number of hydrogen-bond donors (Lipinski definition) is 1. The van der Waals surface area contributed by atoms with Crippen molar-refractivity contribution in [3.8, 4) is 11.5 Å². The number of benzene rings is 1. The second-order valence-corrected chi connectivity index (χ2v) is 4.81. The molecule has 4 heteroatoms. The van der Waals surface area contributed by atoms with E-state index in [0.29, 0.717) is 12.8 Å². The van der Waals surface area contributed by atoms with E-state index in [4.69, 9.17) is 15.2 Å². The van der Waals surface area contributed by atoms with E-state index in [1.807, 2.05) is 12.1 Å². The van der Waals surface area contributed by atoms with Gasteiger partial charge in [0.2, 0.25) is 6.79 Å². The predicted octanol–water partition coefficient (Wildman–Crippen LogP) is 1.73. The van der Waals surface area contributed by atoms with Gasteiger partial charge in [-0.15, -0.1) is 0 Å². The summed E-state index contributed by atoms with van der Waals surface area (Å²) in [5, 5.41) is 0. The van der Waals surface area contributed by atoms with Gasteiger partial charge in [0.1, 0.15) is 0 Å². The van der Waals surface area contributed by atoms with Gasteiger partial charge < -0.3 is 20.1 Å². The van der Waals surface area contributed by atoms with Gasteiger partial charge in [-0.25, -0.2) is 0 Å². The molecule has 0 radical (unpaired) electrons. The van der Waals surface area contributed by atoms with Crippen LogP contribution in [0.4, 0.5) is 5.69 Å². The highest BCUT2D eigenvalue weighted by Crippen LogP contribution is 2.36. The smallest absolute Gasteiger partial charge is 0.231 e. The lowest BCUT2D eigenvalue weighted by Gasteiger charge is -2.29. The first-order valence-corrected chi connectivity index (χ1v) is 6.14. The molecule has 92 valence electrons. The fourth-order valence-corrected chi connectivity index (χ4v) is 2.75. The summed E-state index contributed by atoms with van der Waals surface area (Å²) in [6, 6.07) is 6.79. The largest absolute Gasteiger partial charge is 0.454 e. The number of anilines is 1. The summed E-state index contributed by atoms with van der Waals surface area (Å²) in [7, 11) is 2.10. The van der Waals surface area contributed by atoms with Crippen LogP contribution in [-0.2, 0) is 0 Å². The van der Waals surface area contributed by atoms with E-state index in [1.165, 1.54) is 12.8 Å². The number of fused-ring (bicyclic) bond motifs is 1. The van der Waals surface area contributed by atoms with Crippen LogP contribution >= 0.6 is 0 Å². The lowest BCUT2D eigenvalue weighted by Crippen LogP contribution is -2.42. The molecule has 0 aromatic heterocycles. The topological polar surface area (TPSA) is 47.7 Å². The van der Waals surface area contributed by atoms with Crippen molar-refractivity contribution < 1.29 is 9.47 Å². The average Bonchev–Trinajstić information content (AvgIpc) is 2.95. The van der Waals surface area contributed by atoms with Crippen molar-refractivity contribution in [3.63, 3.8) is 0 Å². The molecule has 1 aromatic carbocycles. The molecule has 2 unspecified atom stereocenters. The lowest BCUT2D eigenvalue weighted by molar-refractivity contribution is 0.174. The Morgan fingerprint density at radius 1 is 1.24 bits per heavy atom. The number of ether oxygens (including phenoxy) is 2. The van der Waals surface area contributed by atoms with Crippen molar-refractivity contribution in [2.24, 2.45) is 5.73 Å². The molecule has 0 saturated heterocycles. The highest BCUT2D eigenvalue weighted by molar-refractivity contribution is 5.57. The van der Waals surface area contributed by atoms with Gasteiger partial charge in [-0.05, 0) is 31.4 Å². The zero-order valence-electron chi connectivity index (χ0n) is 10.1. The fourth-order valence-electron chi connectivity index (χ4n) is 2.75. The van der Waals surface area contributed by atoms with Gasteiger partial charge in [0, 0.05) is 30.9 Å². The molecule has 1 fully saturated rings. The third-order valence-corrected chi connectivity index (χ3v) is 3.79. The molecule has 3 rings (SSSR count). The molecule has 2 atom stereocenters. The fraction of sp³-hybridized carbons (Fsp3) is 0.538. The van der Waals surface area contributed by atoms with Crippen LogP contribution in [-0.4, -0.2) is 25.9 Å². The maximum Gasteiger partial charge on any atom is 0.231 e. The van der Waals surface area contributed by atoms with E-state index in [1.54, 1.807) is 0 Å². The van der Waals surface area contributed by atoms with E-state index < -0.39 is 0 Å². The number of likely N-dealkylation sites (N-methyl/N-ethyl adjacent to an activating group) is 1. The van der Waals surface area contributed by atoms with Crippen LogP contribution in [0.2, 0.25) is 0 Å². The van der Waals surface area contributed by atoms with Crippen molar-refractivity contribution in [2.45, 2.75) is 31.3 Å². The summed E-state index contributed by atoms with van der Waals surface area (Å²) in [4.78, 5) is 2.26. The number of nitrogens with zero attached hydrogens (tertiary/aromatic N) is 1. The summed E-state index contributed by atoms with van der Waals surface area (Å²) in [5.41, 5.74) is 7.28. The molecule has 17 heavy (non-hydrogen) atoms. The van der Waals surface area contributed by atoms with Crippen LogP contribution in [0.25, 0.3) is 0 Å². The van der Waals surface area contributed by atoms with Crippen molar-refractivity contribution in [2.75, 3.05) is 18.7 Å². The molecule has 1 aliphatic heterocycles. The van der Waals surface area contributed by atoms with Gasteiger partial charge in [-0.2, -0.15) is 0 Å². The van der Waals surface area contributed by atoms with Crippen LogP contribution in [0.5, 0.6) is 11.5 Å². The second-order valence-electron chi connectivity index (χ2n) is 4.81. The quantitative estimate of drug-likeness (QED) is 0.846. The molecule has 1 aliphatic carbocycles. The van der Waals surface area contributed by atoms with Crippen LogP contribution in [0.1, 0.15) is 19.3 Å². The second kappa shape index (κ2) is 4.11. The SMILES string of the molecule is CN(c1ccc2c(c1)OCO2)C1CCCC1N. The molecule has 4 nitrogen and oxygen atoms in total. The monoisotopic (exact) mass is 234 g/mol. The molecule has 2 aliphatic rings. The van der Waals surface area contributed by atoms with Gasteiger partial charge in [-0.1, -0.05) is 0 Å². The van der Waals surface area contributed by atoms with Crippen LogP contribution in [0.3, 0.4) is 0 Å². The Balaban J connectivity index is 1.83. The maximum absolute atomic E-state index is 6.13. The Hall–Kier alpha value is -1.42. The zero-order chi connectivity index (χ0) is 11.8. The van der Waals surface area contributed by atoms with Gasteiger partial charge >= 0.3 is 0 Å². The zero-order valence-corrected chi connectivity index (χ0v) is 10.1. The van der Waals surface area contributed by atoms with E-state index in [2.05, 4.69) is 18.0 Å². The highest BCUT2D eigenvalue weighted by Gasteiger charge is 2.28. The number of rotatable bonds is 2. The number of nitrogens with two attached hydrogens (primary N) is 1. The third-order valence-electron chi connectivity index (χ3n) is 3.79. The predicted molar refractivity (Wildman–Crippen MR) is 66.6 cm³/mol. The van der Waals surface area contributed by atoms with Gasteiger partial charge in [0.25, 0.3) is 0 Å². The molecular formula is C13H18N2O2. The van der Waals surface area contributed by atoms with Gasteiger partial charge in [0.15, 0.2) is 11.5 Å². The normalized spacial score (nSPS) is 26.2. The van der Waals surface area contributed by atoms with Crippen molar-refractivity contribution in [1.82, 2.24) is 0 Å². The van der Waals surface area contributed by atoms with E-state index in [-0.39, 0.29) is 6.04 Å².